The highest BCUT2D eigenvalue weighted by Crippen LogP contribution is 2.42. The van der Waals surface area contributed by atoms with E-state index in [1.54, 1.807) is 36.4 Å². The zero-order chi connectivity index (χ0) is 16.8. The molecule has 2 aromatic rings. The second-order valence-electron chi connectivity index (χ2n) is 5.10. The molecule has 0 aromatic heterocycles. The van der Waals surface area contributed by atoms with Crippen LogP contribution in [0, 0.1) is 0 Å². The largest absolute Gasteiger partial charge is 0.370 e. The van der Waals surface area contributed by atoms with Crippen molar-refractivity contribution >= 4 is 45.1 Å². The average Bonchev–Trinajstić information content (AvgIpc) is 2.67. The third-order valence-electron chi connectivity index (χ3n) is 3.55. The molecule has 1 unspecified atom stereocenters. The number of amides is 1. The molecule has 1 aliphatic heterocycles. The number of benzene rings is 2. The van der Waals surface area contributed by atoms with E-state index < -0.39 is 21.8 Å². The van der Waals surface area contributed by atoms with E-state index in [4.69, 9.17) is 27.4 Å². The molecule has 0 aliphatic carbocycles. The number of anilines is 1. The van der Waals surface area contributed by atoms with Crippen molar-refractivity contribution in [3.8, 4) is 0 Å². The molecule has 1 atom stereocenters. The van der Waals surface area contributed by atoms with Gasteiger partial charge in [-0.3, -0.25) is 4.79 Å². The molecule has 1 saturated heterocycles. The first-order valence-corrected chi connectivity index (χ1v) is 8.69. The molecule has 0 spiro atoms. The maximum atomic E-state index is 12.8. The van der Waals surface area contributed by atoms with E-state index in [0.29, 0.717) is 14.9 Å². The summed E-state index contributed by atoms with van der Waals surface area (Å²) >= 11 is 11.9. The van der Waals surface area contributed by atoms with Gasteiger partial charge in [0.2, 0.25) is 0 Å². The van der Waals surface area contributed by atoms with Gasteiger partial charge in [0.25, 0.3) is 5.91 Å². The third-order valence-corrected chi connectivity index (χ3v) is 5.48. The molecule has 0 radical (unpaired) electrons. The van der Waals surface area contributed by atoms with Gasteiger partial charge < -0.3 is 0 Å². The minimum absolute atomic E-state index is 0.0526. The Labute approximate surface area is 143 Å². The number of carbonyl (C=O) groups excluding carboxylic acids is 1. The number of hydrogen-bond donors (Lipinski definition) is 0. The first kappa shape index (κ1) is 16.3. The zero-order valence-electron chi connectivity index (χ0n) is 11.9. The molecule has 1 fully saturated rings. The second-order valence-corrected chi connectivity index (χ2v) is 7.33. The minimum Gasteiger partial charge on any atom is -0.269 e. The van der Waals surface area contributed by atoms with Crippen LogP contribution in [0.3, 0.4) is 0 Å². The van der Waals surface area contributed by atoms with Gasteiger partial charge in [-0.1, -0.05) is 47.5 Å². The van der Waals surface area contributed by atoms with Crippen LogP contribution in [0.2, 0.25) is 10.0 Å². The highest BCUT2D eigenvalue weighted by Gasteiger charge is 2.56. The van der Waals surface area contributed by atoms with Crippen molar-refractivity contribution in [1.82, 2.24) is 0 Å². The Hall–Kier alpha value is -1.60. The van der Waals surface area contributed by atoms with Crippen molar-refractivity contribution in [3.63, 3.8) is 0 Å². The summed E-state index contributed by atoms with van der Waals surface area (Å²) in [7, 11) is -4.31. The van der Waals surface area contributed by atoms with Gasteiger partial charge in [0.15, 0.2) is 5.60 Å². The Balaban J connectivity index is 2.13. The monoisotopic (exact) mass is 371 g/mol. The molecule has 0 N–H and O–H groups in total. The molecule has 5 nitrogen and oxygen atoms in total. The summed E-state index contributed by atoms with van der Waals surface area (Å²) in [6.07, 6.45) is 0. The highest BCUT2D eigenvalue weighted by atomic mass is 35.5. The van der Waals surface area contributed by atoms with Crippen LogP contribution in [0.5, 0.6) is 0 Å². The molecule has 1 heterocycles. The lowest BCUT2D eigenvalue weighted by Gasteiger charge is -2.19. The van der Waals surface area contributed by atoms with Gasteiger partial charge in [-0.05, 0) is 36.8 Å². The number of para-hydroxylation sites is 1. The van der Waals surface area contributed by atoms with Crippen molar-refractivity contribution in [2.24, 2.45) is 0 Å². The Morgan fingerprint density at radius 2 is 1.65 bits per heavy atom. The van der Waals surface area contributed by atoms with Crippen LogP contribution in [-0.2, 0) is 24.9 Å². The molecular weight excluding hydrogens is 361 g/mol. The fraction of sp³-hybridized carbons (Fsp3) is 0.133. The van der Waals surface area contributed by atoms with E-state index in [9.17, 15) is 13.2 Å². The predicted molar refractivity (Wildman–Crippen MR) is 87.7 cm³/mol. The van der Waals surface area contributed by atoms with E-state index in [1.165, 1.54) is 19.1 Å². The van der Waals surface area contributed by atoms with Gasteiger partial charge in [-0.25, -0.2) is 4.18 Å². The molecule has 1 aliphatic rings. The van der Waals surface area contributed by atoms with Gasteiger partial charge in [0, 0.05) is 5.02 Å². The lowest BCUT2D eigenvalue weighted by Crippen LogP contribution is -2.37. The summed E-state index contributed by atoms with van der Waals surface area (Å²) in [5, 5.41) is 0.599. The van der Waals surface area contributed by atoms with Gasteiger partial charge >= 0.3 is 10.3 Å². The molecule has 0 saturated carbocycles. The lowest BCUT2D eigenvalue weighted by molar-refractivity contribution is -0.128. The summed E-state index contributed by atoms with van der Waals surface area (Å²) in [5.41, 5.74) is -1.25. The summed E-state index contributed by atoms with van der Waals surface area (Å²) in [6.45, 7) is 1.40. The highest BCUT2D eigenvalue weighted by molar-refractivity contribution is 7.89. The van der Waals surface area contributed by atoms with Crippen LogP contribution >= 0.6 is 23.2 Å². The van der Waals surface area contributed by atoms with Gasteiger partial charge in [-0.2, -0.15) is 12.7 Å². The van der Waals surface area contributed by atoms with Crippen LogP contribution in [-0.4, -0.2) is 14.3 Å². The number of nitrogens with zero attached hydrogens (tertiary/aromatic N) is 1. The standard InChI is InChI=1S/C15H11Cl2NO4S/c1-15(10-6-8-11(16)9-7-10)14(19)18(23(20,21)22-15)13-5-3-2-4-12(13)17/h2-9H,1H3. The molecule has 2 aromatic carbocycles. The van der Waals surface area contributed by atoms with Gasteiger partial charge in [0.05, 0.1) is 10.7 Å². The van der Waals surface area contributed by atoms with Crippen LogP contribution in [0.1, 0.15) is 12.5 Å². The minimum atomic E-state index is -4.31. The second kappa shape index (κ2) is 5.49. The number of halogens is 2. The Kier molecular flexibility index (Phi) is 3.88. The van der Waals surface area contributed by atoms with Crippen LogP contribution in [0.15, 0.2) is 48.5 Å². The smallest absolute Gasteiger partial charge is 0.269 e. The Morgan fingerprint density at radius 1 is 1.04 bits per heavy atom. The molecule has 120 valence electrons. The molecular formula is C15H11Cl2NO4S. The fourth-order valence-corrected chi connectivity index (χ4v) is 4.20. The molecule has 8 heteroatoms. The van der Waals surface area contributed by atoms with Crippen molar-refractivity contribution in [1.29, 1.82) is 0 Å². The predicted octanol–water partition coefficient (Wildman–Crippen LogP) is 3.52. The van der Waals surface area contributed by atoms with Crippen LogP contribution in [0.4, 0.5) is 5.69 Å². The van der Waals surface area contributed by atoms with Crippen molar-refractivity contribution < 1.29 is 17.4 Å². The maximum absolute atomic E-state index is 12.8. The first-order valence-electron chi connectivity index (χ1n) is 6.56. The number of rotatable bonds is 2. The fourth-order valence-electron chi connectivity index (χ4n) is 2.36. The summed E-state index contributed by atoms with van der Waals surface area (Å²) < 4.78 is 30.5. The summed E-state index contributed by atoms with van der Waals surface area (Å²) in [5.74, 6) is -0.743. The molecule has 1 amide bonds. The van der Waals surface area contributed by atoms with Gasteiger partial charge in [0.1, 0.15) is 0 Å². The molecule has 23 heavy (non-hydrogen) atoms. The van der Waals surface area contributed by atoms with Crippen LogP contribution in [0.25, 0.3) is 0 Å². The lowest BCUT2D eigenvalue weighted by atomic mass is 9.95. The van der Waals surface area contributed by atoms with Crippen LogP contribution < -0.4 is 4.31 Å². The zero-order valence-corrected chi connectivity index (χ0v) is 14.2. The van der Waals surface area contributed by atoms with E-state index in [2.05, 4.69) is 0 Å². The van der Waals surface area contributed by atoms with E-state index in [1.807, 2.05) is 0 Å². The third kappa shape index (κ3) is 2.61. The maximum Gasteiger partial charge on any atom is 0.370 e. The SMILES string of the molecule is CC1(c2ccc(Cl)cc2)OS(=O)(=O)N(c2ccccc2Cl)C1=O. The number of carbonyl (C=O) groups is 1. The van der Waals surface area contributed by atoms with Crippen molar-refractivity contribution in [3.05, 3.63) is 64.1 Å². The van der Waals surface area contributed by atoms with Gasteiger partial charge in [-0.15, -0.1) is 0 Å². The average molecular weight is 372 g/mol. The summed E-state index contributed by atoms with van der Waals surface area (Å²) in [4.78, 5) is 12.8. The summed E-state index contributed by atoms with van der Waals surface area (Å²) in [6, 6.07) is 12.4. The quantitative estimate of drug-likeness (QED) is 0.809. The molecule has 0 bridgehead atoms. The Bertz CT molecular complexity index is 883. The topological polar surface area (TPSA) is 63.7 Å². The van der Waals surface area contributed by atoms with Crippen molar-refractivity contribution in [2.75, 3.05) is 4.31 Å². The normalized spacial score (nSPS) is 23.3. The van der Waals surface area contributed by atoms with E-state index in [0.717, 1.165) is 0 Å². The Morgan fingerprint density at radius 3 is 2.26 bits per heavy atom. The van der Waals surface area contributed by atoms with Crippen molar-refractivity contribution in [2.45, 2.75) is 12.5 Å². The van der Waals surface area contributed by atoms with E-state index in [-0.39, 0.29) is 10.7 Å². The van der Waals surface area contributed by atoms with E-state index >= 15 is 0 Å². The first-order chi connectivity index (χ1) is 10.8. The molecule has 3 rings (SSSR count). The number of hydrogen-bond acceptors (Lipinski definition) is 4.